The molecule has 0 N–H and O–H groups in total. The highest BCUT2D eigenvalue weighted by molar-refractivity contribution is 7.32. The van der Waals surface area contributed by atoms with Gasteiger partial charge in [0.1, 0.15) is 0 Å². The van der Waals surface area contributed by atoms with Crippen molar-refractivity contribution in [1.29, 1.82) is 0 Å². The molecule has 1 heterocycles. The molecule has 0 aromatic heterocycles. The monoisotopic (exact) mass is 364 g/mol. The quantitative estimate of drug-likeness (QED) is 0.346. The minimum absolute atomic E-state index is 0.150. The van der Waals surface area contributed by atoms with Gasteiger partial charge in [-0.2, -0.15) is 0 Å². The van der Waals surface area contributed by atoms with Crippen LogP contribution in [0.5, 0.6) is 0 Å². The standard InChI is InChI=1S/C17H30ClO4P/c1-11(13(3)10-23-20-6)7-8-12(2)16-14(9-15(18)19)21-17(4,5)22-16/h7-8,11-14,16,23H,9-10H2,1-6H3/b8-7-/t11-,12?,13+,14+,16-/m1/s1. The van der Waals surface area contributed by atoms with Crippen molar-refractivity contribution >= 4 is 25.7 Å². The zero-order valence-electron chi connectivity index (χ0n) is 15.0. The smallest absolute Gasteiger partial charge is 0.224 e. The predicted octanol–water partition coefficient (Wildman–Crippen LogP) is 4.37. The summed E-state index contributed by atoms with van der Waals surface area (Å²) >= 11 is 5.53. The van der Waals surface area contributed by atoms with Crippen molar-refractivity contribution in [2.75, 3.05) is 13.3 Å². The van der Waals surface area contributed by atoms with Crippen LogP contribution in [0.2, 0.25) is 0 Å². The Morgan fingerprint density at radius 2 is 1.96 bits per heavy atom. The van der Waals surface area contributed by atoms with Gasteiger partial charge < -0.3 is 14.0 Å². The number of carbonyl (C=O) groups is 1. The molecule has 1 aliphatic heterocycles. The summed E-state index contributed by atoms with van der Waals surface area (Å²) in [7, 11) is 2.29. The van der Waals surface area contributed by atoms with Crippen molar-refractivity contribution in [1.82, 2.24) is 0 Å². The van der Waals surface area contributed by atoms with E-state index in [1.54, 1.807) is 7.11 Å². The van der Waals surface area contributed by atoms with Gasteiger partial charge in [-0.1, -0.05) is 32.9 Å². The molecule has 0 spiro atoms. The van der Waals surface area contributed by atoms with Crippen LogP contribution in [0.4, 0.5) is 0 Å². The van der Waals surface area contributed by atoms with Crippen molar-refractivity contribution in [3.63, 3.8) is 0 Å². The van der Waals surface area contributed by atoms with Crippen LogP contribution in [-0.2, 0) is 18.8 Å². The first-order valence-corrected chi connectivity index (χ1v) is 9.63. The third-order valence-electron chi connectivity index (χ3n) is 4.27. The molecule has 1 fully saturated rings. The minimum atomic E-state index is -0.678. The first-order chi connectivity index (χ1) is 10.7. The Morgan fingerprint density at radius 1 is 1.30 bits per heavy atom. The summed E-state index contributed by atoms with van der Waals surface area (Å²) in [4.78, 5) is 11.2. The normalized spacial score (nSPS) is 28.5. The van der Waals surface area contributed by atoms with Crippen molar-refractivity contribution in [3.05, 3.63) is 12.2 Å². The van der Waals surface area contributed by atoms with E-state index in [1.165, 1.54) is 0 Å². The summed E-state index contributed by atoms with van der Waals surface area (Å²) in [5.74, 6) is 0.498. The van der Waals surface area contributed by atoms with Gasteiger partial charge in [0.2, 0.25) is 5.24 Å². The van der Waals surface area contributed by atoms with Crippen LogP contribution in [0.3, 0.4) is 0 Å². The summed E-state index contributed by atoms with van der Waals surface area (Å²) in [6.07, 6.45) is 5.18. The molecule has 23 heavy (non-hydrogen) atoms. The van der Waals surface area contributed by atoms with Crippen LogP contribution in [0.15, 0.2) is 12.2 Å². The van der Waals surface area contributed by atoms with Gasteiger partial charge in [0.25, 0.3) is 0 Å². The summed E-state index contributed by atoms with van der Waals surface area (Å²) in [5, 5.41) is -0.389. The second-order valence-corrected chi connectivity index (χ2v) is 8.36. The largest absolute Gasteiger partial charge is 0.366 e. The second-order valence-electron chi connectivity index (χ2n) is 6.83. The molecule has 1 aliphatic rings. The Morgan fingerprint density at radius 3 is 2.52 bits per heavy atom. The SMILES string of the molecule is COPC[C@H](C)[C@H](C)/C=C\C(C)[C@H]1OC(C)(C)O[C@H]1CC(=O)Cl. The van der Waals surface area contributed by atoms with Crippen molar-refractivity contribution in [2.45, 2.75) is 59.0 Å². The van der Waals surface area contributed by atoms with Crippen LogP contribution >= 0.6 is 20.4 Å². The molecular weight excluding hydrogens is 335 g/mol. The van der Waals surface area contributed by atoms with Crippen LogP contribution < -0.4 is 0 Å². The zero-order valence-corrected chi connectivity index (χ0v) is 16.7. The van der Waals surface area contributed by atoms with Gasteiger partial charge in [-0.15, -0.1) is 0 Å². The van der Waals surface area contributed by atoms with Crippen molar-refractivity contribution in [2.24, 2.45) is 17.8 Å². The molecule has 0 aliphatic carbocycles. The average molecular weight is 365 g/mol. The lowest BCUT2D eigenvalue weighted by atomic mass is 9.92. The average Bonchev–Trinajstić information content (AvgIpc) is 2.75. The number of hydrogen-bond donors (Lipinski definition) is 0. The van der Waals surface area contributed by atoms with Crippen LogP contribution in [-0.4, -0.2) is 36.5 Å². The van der Waals surface area contributed by atoms with Crippen LogP contribution in [0.1, 0.15) is 41.0 Å². The maximum absolute atomic E-state index is 11.2. The van der Waals surface area contributed by atoms with Gasteiger partial charge in [0, 0.05) is 21.8 Å². The zero-order chi connectivity index (χ0) is 17.6. The molecule has 0 radical (unpaired) electrons. The Kier molecular flexibility index (Phi) is 8.68. The van der Waals surface area contributed by atoms with E-state index in [0.29, 0.717) is 20.6 Å². The fourth-order valence-electron chi connectivity index (χ4n) is 2.68. The number of carbonyl (C=O) groups excluding carboxylic acids is 1. The van der Waals surface area contributed by atoms with E-state index in [2.05, 4.69) is 32.9 Å². The molecule has 1 rings (SSSR count). The lowest BCUT2D eigenvalue weighted by Gasteiger charge is -2.22. The summed E-state index contributed by atoms with van der Waals surface area (Å²) in [6, 6.07) is 0. The molecule has 0 bridgehead atoms. The summed E-state index contributed by atoms with van der Waals surface area (Å²) < 4.78 is 17.0. The first kappa shape index (κ1) is 21.1. The van der Waals surface area contributed by atoms with E-state index in [0.717, 1.165) is 6.16 Å². The van der Waals surface area contributed by atoms with E-state index in [1.807, 2.05) is 13.8 Å². The fourth-order valence-corrected chi connectivity index (χ4v) is 3.63. The Labute approximate surface area is 147 Å². The van der Waals surface area contributed by atoms with Gasteiger partial charge in [-0.3, -0.25) is 4.79 Å². The van der Waals surface area contributed by atoms with E-state index < -0.39 is 5.79 Å². The maximum Gasteiger partial charge on any atom is 0.224 e. The molecule has 6 atom stereocenters. The highest BCUT2D eigenvalue weighted by atomic mass is 35.5. The van der Waals surface area contributed by atoms with E-state index >= 15 is 0 Å². The van der Waals surface area contributed by atoms with Gasteiger partial charge >= 0.3 is 0 Å². The third-order valence-corrected chi connectivity index (χ3v) is 5.52. The van der Waals surface area contributed by atoms with Crippen LogP contribution in [0.25, 0.3) is 0 Å². The molecule has 0 aromatic rings. The summed E-state index contributed by atoms with van der Waals surface area (Å²) in [6.45, 7) is 10.3. The molecule has 134 valence electrons. The number of halogens is 1. The number of rotatable bonds is 9. The fraction of sp³-hybridized carbons (Fsp3) is 0.824. The van der Waals surface area contributed by atoms with E-state index in [-0.39, 0.29) is 29.8 Å². The Bertz CT molecular complexity index is 413. The molecule has 0 saturated carbocycles. The van der Waals surface area contributed by atoms with Crippen LogP contribution in [0, 0.1) is 17.8 Å². The third kappa shape index (κ3) is 7.19. The highest BCUT2D eigenvalue weighted by Gasteiger charge is 2.43. The van der Waals surface area contributed by atoms with Gasteiger partial charge in [-0.05, 0) is 43.4 Å². The van der Waals surface area contributed by atoms with Crippen molar-refractivity contribution in [3.8, 4) is 0 Å². The molecule has 0 aromatic carbocycles. The Balaban J connectivity index is 2.65. The summed E-state index contributed by atoms with van der Waals surface area (Å²) in [5.41, 5.74) is 0. The Hall–Kier alpha value is 0.01000. The lowest BCUT2D eigenvalue weighted by molar-refractivity contribution is -0.149. The first-order valence-electron chi connectivity index (χ1n) is 8.14. The highest BCUT2D eigenvalue weighted by Crippen LogP contribution is 2.35. The molecule has 1 saturated heterocycles. The van der Waals surface area contributed by atoms with E-state index in [4.69, 9.17) is 25.6 Å². The van der Waals surface area contributed by atoms with Crippen molar-refractivity contribution < 1.29 is 18.8 Å². The molecule has 0 amide bonds. The number of hydrogen-bond acceptors (Lipinski definition) is 4. The van der Waals surface area contributed by atoms with E-state index in [9.17, 15) is 4.79 Å². The van der Waals surface area contributed by atoms with Gasteiger partial charge in [-0.25, -0.2) is 0 Å². The molecular formula is C17H30ClO4P. The molecule has 4 nitrogen and oxygen atoms in total. The van der Waals surface area contributed by atoms with Gasteiger partial charge in [0.05, 0.1) is 18.6 Å². The number of allylic oxidation sites excluding steroid dienone is 1. The minimum Gasteiger partial charge on any atom is -0.366 e. The second kappa shape index (κ2) is 9.48. The lowest BCUT2D eigenvalue weighted by Crippen LogP contribution is -2.30. The maximum atomic E-state index is 11.2. The van der Waals surface area contributed by atoms with Gasteiger partial charge in [0.15, 0.2) is 5.79 Å². The topological polar surface area (TPSA) is 44.8 Å². The number of ether oxygens (including phenoxy) is 2. The molecule has 6 heteroatoms. The predicted molar refractivity (Wildman–Crippen MR) is 96.1 cm³/mol. The molecule has 2 unspecified atom stereocenters.